The summed E-state index contributed by atoms with van der Waals surface area (Å²) >= 11 is 0. The second-order valence-corrected chi connectivity index (χ2v) is 5.50. The van der Waals surface area contributed by atoms with Crippen LogP contribution in [0.2, 0.25) is 0 Å². The molecule has 0 spiro atoms. The van der Waals surface area contributed by atoms with Crippen LogP contribution < -0.4 is 0 Å². The molecule has 2 atom stereocenters. The largest absolute Gasteiger partial charge is 0.0683 e. The summed E-state index contributed by atoms with van der Waals surface area (Å²) in [5, 5.41) is 0. The van der Waals surface area contributed by atoms with Gasteiger partial charge >= 0.3 is 0 Å². The van der Waals surface area contributed by atoms with Crippen LogP contribution in [-0.4, -0.2) is 0 Å². The standard InChI is InChI=1S/C16H24.2C2H6/c1-3-14-7-5-9-16(11-14)12-15-8-4-6-13(2)10-15;2*1-2/h4,6,8,10,14,16H,3,5,7,9,11-12H2,1-2H3;2*1-2H3. The van der Waals surface area contributed by atoms with Gasteiger partial charge < -0.3 is 0 Å². The summed E-state index contributed by atoms with van der Waals surface area (Å²) in [4.78, 5) is 0. The molecule has 0 radical (unpaired) electrons. The molecule has 0 amide bonds. The molecule has 0 heteroatoms. The van der Waals surface area contributed by atoms with Crippen molar-refractivity contribution in [1.29, 1.82) is 0 Å². The Morgan fingerprint density at radius 2 is 1.65 bits per heavy atom. The van der Waals surface area contributed by atoms with Gasteiger partial charge in [0.2, 0.25) is 0 Å². The molecular formula is C20H36. The van der Waals surface area contributed by atoms with Crippen LogP contribution in [0.25, 0.3) is 0 Å². The molecule has 0 bridgehead atoms. The summed E-state index contributed by atoms with van der Waals surface area (Å²) in [5.74, 6) is 1.95. The van der Waals surface area contributed by atoms with Gasteiger partial charge in [-0.2, -0.15) is 0 Å². The minimum atomic E-state index is 0.945. The highest BCUT2D eigenvalue weighted by molar-refractivity contribution is 5.22. The summed E-state index contributed by atoms with van der Waals surface area (Å²) in [6.07, 6.45) is 8.52. The maximum atomic E-state index is 2.36. The third-order valence-electron chi connectivity index (χ3n) is 4.08. The van der Waals surface area contributed by atoms with E-state index in [2.05, 4.69) is 38.1 Å². The summed E-state index contributed by atoms with van der Waals surface area (Å²) in [6.45, 7) is 12.5. The first-order valence-corrected chi connectivity index (χ1v) is 8.83. The Kier molecular flexibility index (Phi) is 11.5. The van der Waals surface area contributed by atoms with Crippen LogP contribution in [0.15, 0.2) is 24.3 Å². The first-order chi connectivity index (χ1) is 9.78. The monoisotopic (exact) mass is 276 g/mol. The molecule has 0 N–H and O–H groups in total. The minimum absolute atomic E-state index is 0.945. The van der Waals surface area contributed by atoms with Gasteiger partial charge in [-0.1, -0.05) is 90.1 Å². The van der Waals surface area contributed by atoms with Crippen molar-refractivity contribution in [3.8, 4) is 0 Å². The van der Waals surface area contributed by atoms with Crippen molar-refractivity contribution < 1.29 is 0 Å². The van der Waals surface area contributed by atoms with Crippen LogP contribution in [0.5, 0.6) is 0 Å². The SMILES string of the molecule is CC.CC.CCC1CCCC(Cc2cccc(C)c2)C1. The summed E-state index contributed by atoms with van der Waals surface area (Å²) in [6, 6.07) is 9.04. The van der Waals surface area contributed by atoms with Gasteiger partial charge in [0.1, 0.15) is 0 Å². The molecule has 20 heavy (non-hydrogen) atoms. The molecule has 2 rings (SSSR count). The number of hydrogen-bond acceptors (Lipinski definition) is 0. The van der Waals surface area contributed by atoms with E-state index < -0.39 is 0 Å². The molecule has 116 valence electrons. The van der Waals surface area contributed by atoms with Crippen LogP contribution in [-0.2, 0) is 6.42 Å². The predicted octanol–water partition coefficient (Wildman–Crippen LogP) is 6.81. The molecule has 0 aliphatic heterocycles. The lowest BCUT2D eigenvalue weighted by molar-refractivity contribution is 0.259. The minimum Gasteiger partial charge on any atom is -0.0683 e. The number of hydrogen-bond donors (Lipinski definition) is 0. The lowest BCUT2D eigenvalue weighted by atomic mass is 9.77. The van der Waals surface area contributed by atoms with Gasteiger partial charge in [-0.05, 0) is 37.2 Å². The van der Waals surface area contributed by atoms with E-state index >= 15 is 0 Å². The highest BCUT2D eigenvalue weighted by Crippen LogP contribution is 2.32. The fraction of sp³-hybridized carbons (Fsp3) is 0.700. The van der Waals surface area contributed by atoms with E-state index in [9.17, 15) is 0 Å². The third kappa shape index (κ3) is 7.12. The van der Waals surface area contributed by atoms with Crippen molar-refractivity contribution in [2.45, 2.75) is 80.1 Å². The van der Waals surface area contributed by atoms with Gasteiger partial charge in [0, 0.05) is 0 Å². The van der Waals surface area contributed by atoms with Crippen molar-refractivity contribution in [1.82, 2.24) is 0 Å². The number of benzene rings is 1. The topological polar surface area (TPSA) is 0 Å². The Bertz CT molecular complexity index is 327. The molecule has 1 aliphatic rings. The van der Waals surface area contributed by atoms with Crippen molar-refractivity contribution in [2.75, 3.05) is 0 Å². The fourth-order valence-corrected chi connectivity index (χ4v) is 3.13. The number of aryl methyl sites for hydroxylation is 1. The van der Waals surface area contributed by atoms with Gasteiger partial charge in [-0.25, -0.2) is 0 Å². The zero-order valence-corrected chi connectivity index (χ0v) is 14.7. The average Bonchev–Trinajstić information content (AvgIpc) is 2.51. The van der Waals surface area contributed by atoms with Gasteiger partial charge in [0.25, 0.3) is 0 Å². The van der Waals surface area contributed by atoms with E-state index in [0.717, 1.165) is 11.8 Å². The molecule has 0 nitrogen and oxygen atoms in total. The smallest absolute Gasteiger partial charge is 0.0250 e. The van der Waals surface area contributed by atoms with Crippen LogP contribution in [0.4, 0.5) is 0 Å². The molecule has 0 saturated heterocycles. The van der Waals surface area contributed by atoms with Crippen molar-refractivity contribution in [3.05, 3.63) is 35.4 Å². The molecule has 1 saturated carbocycles. The maximum absolute atomic E-state index is 2.36. The second-order valence-electron chi connectivity index (χ2n) is 5.50. The first-order valence-electron chi connectivity index (χ1n) is 8.83. The van der Waals surface area contributed by atoms with E-state index in [1.165, 1.54) is 44.1 Å². The molecule has 1 aromatic carbocycles. The predicted molar refractivity (Wildman–Crippen MR) is 93.3 cm³/mol. The fourth-order valence-electron chi connectivity index (χ4n) is 3.13. The Labute approximate surface area is 128 Å². The lowest BCUT2D eigenvalue weighted by Crippen LogP contribution is -2.16. The summed E-state index contributed by atoms with van der Waals surface area (Å²) in [7, 11) is 0. The molecule has 2 unspecified atom stereocenters. The first kappa shape index (κ1) is 19.2. The Morgan fingerprint density at radius 3 is 2.25 bits per heavy atom. The third-order valence-corrected chi connectivity index (χ3v) is 4.08. The highest BCUT2D eigenvalue weighted by Gasteiger charge is 2.20. The van der Waals surface area contributed by atoms with Crippen LogP contribution in [0, 0.1) is 18.8 Å². The van der Waals surface area contributed by atoms with E-state index in [1.807, 2.05) is 27.7 Å². The molecular weight excluding hydrogens is 240 g/mol. The lowest BCUT2D eigenvalue weighted by Gasteiger charge is -2.28. The van der Waals surface area contributed by atoms with Crippen molar-refractivity contribution in [2.24, 2.45) is 11.8 Å². The van der Waals surface area contributed by atoms with Crippen molar-refractivity contribution in [3.63, 3.8) is 0 Å². The van der Waals surface area contributed by atoms with E-state index in [4.69, 9.17) is 0 Å². The molecule has 1 aliphatic carbocycles. The van der Waals surface area contributed by atoms with Gasteiger partial charge in [0.05, 0.1) is 0 Å². The highest BCUT2D eigenvalue weighted by atomic mass is 14.3. The zero-order chi connectivity index (χ0) is 15.4. The quantitative estimate of drug-likeness (QED) is 0.569. The van der Waals surface area contributed by atoms with E-state index in [0.29, 0.717) is 0 Å². The van der Waals surface area contributed by atoms with Crippen LogP contribution >= 0.6 is 0 Å². The maximum Gasteiger partial charge on any atom is -0.0250 e. The zero-order valence-electron chi connectivity index (χ0n) is 14.7. The van der Waals surface area contributed by atoms with Gasteiger partial charge in [0.15, 0.2) is 0 Å². The Hall–Kier alpha value is -0.780. The summed E-state index contributed by atoms with van der Waals surface area (Å²) in [5.41, 5.74) is 2.95. The van der Waals surface area contributed by atoms with Gasteiger partial charge in [-0.15, -0.1) is 0 Å². The average molecular weight is 277 g/mol. The second kappa shape index (κ2) is 12.0. The molecule has 1 fully saturated rings. The molecule has 0 heterocycles. The van der Waals surface area contributed by atoms with E-state index in [1.54, 1.807) is 5.56 Å². The normalized spacial score (nSPS) is 21.1. The Morgan fingerprint density at radius 1 is 1.00 bits per heavy atom. The van der Waals surface area contributed by atoms with Gasteiger partial charge in [-0.3, -0.25) is 0 Å². The number of rotatable bonds is 3. The van der Waals surface area contributed by atoms with Crippen LogP contribution in [0.3, 0.4) is 0 Å². The van der Waals surface area contributed by atoms with Crippen LogP contribution in [0.1, 0.15) is 77.8 Å². The van der Waals surface area contributed by atoms with E-state index in [-0.39, 0.29) is 0 Å². The molecule has 0 aromatic heterocycles. The van der Waals surface area contributed by atoms with Crippen molar-refractivity contribution >= 4 is 0 Å². The summed E-state index contributed by atoms with van der Waals surface area (Å²) < 4.78 is 0. The Balaban J connectivity index is 0.000000829. The molecule has 1 aromatic rings.